The molecule has 7 heteroatoms. The first kappa shape index (κ1) is 19.7. The van der Waals surface area contributed by atoms with Gasteiger partial charge in [0.2, 0.25) is 0 Å². The maximum absolute atomic E-state index is 12.5. The SMILES string of the molecule is Cl.N#CC(=Cc1cccc(CCN)c1)c1ccc(C(F)(F)F)cn1. The molecule has 1 aromatic heterocycles. The molecule has 0 saturated carbocycles. The quantitative estimate of drug-likeness (QED) is 0.842. The summed E-state index contributed by atoms with van der Waals surface area (Å²) in [6.07, 6.45) is -1.42. The van der Waals surface area contributed by atoms with Crippen molar-refractivity contribution in [2.75, 3.05) is 6.54 Å². The summed E-state index contributed by atoms with van der Waals surface area (Å²) >= 11 is 0. The first-order chi connectivity index (χ1) is 10.9. The Kier molecular flexibility index (Phi) is 6.96. The van der Waals surface area contributed by atoms with Gasteiger partial charge in [0, 0.05) is 6.20 Å². The minimum Gasteiger partial charge on any atom is -0.330 e. The van der Waals surface area contributed by atoms with Gasteiger partial charge in [0.05, 0.1) is 16.8 Å². The fraction of sp³-hybridized carbons (Fsp3) is 0.176. The third kappa shape index (κ3) is 5.08. The Morgan fingerprint density at radius 1 is 1.25 bits per heavy atom. The lowest BCUT2D eigenvalue weighted by molar-refractivity contribution is -0.137. The van der Waals surface area contributed by atoms with Crippen LogP contribution in [0.15, 0.2) is 42.6 Å². The van der Waals surface area contributed by atoms with E-state index in [4.69, 9.17) is 5.73 Å². The van der Waals surface area contributed by atoms with Crippen LogP contribution in [0.1, 0.15) is 22.4 Å². The smallest absolute Gasteiger partial charge is 0.330 e. The Morgan fingerprint density at radius 3 is 2.54 bits per heavy atom. The maximum Gasteiger partial charge on any atom is 0.417 e. The molecule has 3 nitrogen and oxygen atoms in total. The van der Waals surface area contributed by atoms with Crippen molar-refractivity contribution >= 4 is 24.1 Å². The summed E-state index contributed by atoms with van der Waals surface area (Å²) in [5.74, 6) is 0. The van der Waals surface area contributed by atoms with Gasteiger partial charge in [-0.2, -0.15) is 18.4 Å². The van der Waals surface area contributed by atoms with Crippen molar-refractivity contribution in [2.45, 2.75) is 12.6 Å². The van der Waals surface area contributed by atoms with Crippen LogP contribution in [0.25, 0.3) is 11.6 Å². The topological polar surface area (TPSA) is 62.7 Å². The van der Waals surface area contributed by atoms with Crippen molar-refractivity contribution in [2.24, 2.45) is 5.73 Å². The van der Waals surface area contributed by atoms with Gasteiger partial charge in [0.25, 0.3) is 0 Å². The zero-order chi connectivity index (χ0) is 16.9. The fourth-order valence-electron chi connectivity index (χ4n) is 2.06. The molecule has 0 aliphatic carbocycles. The predicted octanol–water partition coefficient (Wildman–Crippen LogP) is 4.09. The van der Waals surface area contributed by atoms with Crippen LogP contribution in [0, 0.1) is 11.3 Å². The van der Waals surface area contributed by atoms with Crippen LogP contribution in [-0.2, 0) is 12.6 Å². The second-order valence-electron chi connectivity index (χ2n) is 4.88. The number of alkyl halides is 3. The lowest BCUT2D eigenvalue weighted by Gasteiger charge is -2.06. The number of nitrogens with two attached hydrogens (primary N) is 1. The van der Waals surface area contributed by atoms with E-state index in [9.17, 15) is 18.4 Å². The summed E-state index contributed by atoms with van der Waals surface area (Å²) in [5.41, 5.74) is 6.86. The van der Waals surface area contributed by atoms with Crippen molar-refractivity contribution in [3.8, 4) is 6.07 Å². The minimum atomic E-state index is -4.45. The first-order valence-electron chi connectivity index (χ1n) is 6.88. The van der Waals surface area contributed by atoms with Gasteiger partial charge < -0.3 is 5.73 Å². The minimum absolute atomic E-state index is 0. The molecule has 0 atom stereocenters. The summed E-state index contributed by atoms with van der Waals surface area (Å²) < 4.78 is 37.6. The van der Waals surface area contributed by atoms with E-state index in [0.29, 0.717) is 13.0 Å². The van der Waals surface area contributed by atoms with E-state index in [2.05, 4.69) is 4.98 Å². The van der Waals surface area contributed by atoms with Crippen LogP contribution in [0.5, 0.6) is 0 Å². The molecule has 2 N–H and O–H groups in total. The van der Waals surface area contributed by atoms with Crippen molar-refractivity contribution in [3.63, 3.8) is 0 Å². The lowest BCUT2D eigenvalue weighted by Crippen LogP contribution is -2.05. The molecule has 1 heterocycles. The second kappa shape index (κ2) is 8.48. The molecular weight excluding hydrogens is 339 g/mol. The number of nitriles is 1. The highest BCUT2D eigenvalue weighted by atomic mass is 35.5. The van der Waals surface area contributed by atoms with E-state index >= 15 is 0 Å². The molecule has 126 valence electrons. The van der Waals surface area contributed by atoms with Crippen LogP contribution in [-0.4, -0.2) is 11.5 Å². The second-order valence-corrected chi connectivity index (χ2v) is 4.88. The van der Waals surface area contributed by atoms with Crippen LogP contribution in [0.2, 0.25) is 0 Å². The highest BCUT2D eigenvalue weighted by molar-refractivity contribution is 5.88. The van der Waals surface area contributed by atoms with Crippen LogP contribution < -0.4 is 5.73 Å². The monoisotopic (exact) mass is 353 g/mol. The zero-order valence-electron chi connectivity index (χ0n) is 12.5. The molecule has 0 unspecified atom stereocenters. The average Bonchev–Trinajstić information content (AvgIpc) is 2.53. The molecule has 0 aliphatic rings. The number of allylic oxidation sites excluding steroid dienone is 1. The molecule has 1 aromatic carbocycles. The highest BCUT2D eigenvalue weighted by Crippen LogP contribution is 2.29. The maximum atomic E-state index is 12.5. The number of aromatic nitrogens is 1. The van der Waals surface area contributed by atoms with Gasteiger partial charge in [-0.05, 0) is 42.3 Å². The molecule has 24 heavy (non-hydrogen) atoms. The standard InChI is InChI=1S/C17H14F3N3.ClH/c18-17(19,20)15-4-5-16(23-11-15)14(10-22)9-13-3-1-2-12(8-13)6-7-21;/h1-5,8-9,11H,6-7,21H2;1H. The average molecular weight is 354 g/mol. The Labute approximate surface area is 144 Å². The van der Waals surface area contributed by atoms with E-state index in [-0.39, 0.29) is 23.7 Å². The highest BCUT2D eigenvalue weighted by Gasteiger charge is 2.30. The third-order valence-electron chi connectivity index (χ3n) is 3.18. The van der Waals surface area contributed by atoms with Gasteiger partial charge in [-0.3, -0.25) is 4.98 Å². The van der Waals surface area contributed by atoms with E-state index in [1.807, 2.05) is 24.3 Å². The number of hydrogen-bond acceptors (Lipinski definition) is 3. The molecule has 0 bridgehead atoms. The molecular formula is C17H15ClF3N3. The Balaban J connectivity index is 0.00000288. The van der Waals surface area contributed by atoms with Gasteiger partial charge in [0.15, 0.2) is 0 Å². The molecule has 2 rings (SSSR count). The number of nitrogens with zero attached hydrogens (tertiary/aromatic N) is 2. The Bertz CT molecular complexity index is 747. The summed E-state index contributed by atoms with van der Waals surface area (Å²) in [6.45, 7) is 0.513. The predicted molar refractivity (Wildman–Crippen MR) is 89.2 cm³/mol. The zero-order valence-corrected chi connectivity index (χ0v) is 13.4. The molecule has 0 spiro atoms. The van der Waals surface area contributed by atoms with Crippen molar-refractivity contribution < 1.29 is 13.2 Å². The van der Waals surface area contributed by atoms with Gasteiger partial charge >= 0.3 is 6.18 Å². The van der Waals surface area contributed by atoms with E-state index in [1.54, 1.807) is 12.1 Å². The lowest BCUT2D eigenvalue weighted by atomic mass is 10.0. The normalized spacial score (nSPS) is 11.5. The molecule has 0 aliphatic heterocycles. The van der Waals surface area contributed by atoms with Crippen molar-refractivity contribution in [1.82, 2.24) is 4.98 Å². The molecule has 2 aromatic rings. The molecule has 0 radical (unpaired) electrons. The van der Waals surface area contributed by atoms with Gasteiger partial charge in [-0.25, -0.2) is 0 Å². The summed E-state index contributed by atoms with van der Waals surface area (Å²) in [4.78, 5) is 3.74. The van der Waals surface area contributed by atoms with E-state index < -0.39 is 11.7 Å². The number of pyridine rings is 1. The van der Waals surface area contributed by atoms with Crippen LogP contribution >= 0.6 is 12.4 Å². The first-order valence-corrected chi connectivity index (χ1v) is 6.88. The number of benzene rings is 1. The van der Waals surface area contributed by atoms with Gasteiger partial charge in [-0.1, -0.05) is 24.3 Å². The van der Waals surface area contributed by atoms with E-state index in [1.165, 1.54) is 6.07 Å². The Morgan fingerprint density at radius 2 is 2.00 bits per heavy atom. The summed E-state index contributed by atoms with van der Waals surface area (Å²) in [7, 11) is 0. The van der Waals surface area contributed by atoms with Crippen molar-refractivity contribution in [1.29, 1.82) is 5.26 Å². The largest absolute Gasteiger partial charge is 0.417 e. The summed E-state index contributed by atoms with van der Waals surface area (Å²) in [5, 5.41) is 9.24. The third-order valence-corrected chi connectivity index (χ3v) is 3.18. The summed E-state index contributed by atoms with van der Waals surface area (Å²) in [6, 6.07) is 11.5. The van der Waals surface area contributed by atoms with Gasteiger partial charge in [0.1, 0.15) is 6.07 Å². The van der Waals surface area contributed by atoms with Crippen LogP contribution in [0.3, 0.4) is 0 Å². The Hall–Kier alpha value is -2.36. The number of rotatable bonds is 4. The fourth-order valence-corrected chi connectivity index (χ4v) is 2.06. The molecule has 0 fully saturated rings. The molecule has 0 amide bonds. The van der Waals surface area contributed by atoms with Crippen molar-refractivity contribution in [3.05, 3.63) is 65.0 Å². The molecule has 0 saturated heterocycles. The van der Waals surface area contributed by atoms with E-state index in [0.717, 1.165) is 23.4 Å². The van der Waals surface area contributed by atoms with Crippen LogP contribution in [0.4, 0.5) is 13.2 Å². The number of hydrogen-bond donors (Lipinski definition) is 1. The van der Waals surface area contributed by atoms with Gasteiger partial charge in [-0.15, -0.1) is 12.4 Å². The number of halogens is 4.